The van der Waals surface area contributed by atoms with Gasteiger partial charge in [0.2, 0.25) is 0 Å². The van der Waals surface area contributed by atoms with Crippen LogP contribution in [0, 0.1) is 26.0 Å². The quantitative estimate of drug-likeness (QED) is 0.150. The second-order valence-electron chi connectivity index (χ2n) is 9.66. The van der Waals surface area contributed by atoms with Crippen LogP contribution in [0.1, 0.15) is 56.6 Å². The third-order valence-electron chi connectivity index (χ3n) is 6.31. The predicted molar refractivity (Wildman–Crippen MR) is 142 cm³/mol. The van der Waals surface area contributed by atoms with Gasteiger partial charge in [0.05, 0.1) is 26.9 Å². The summed E-state index contributed by atoms with van der Waals surface area (Å²) in [4.78, 5) is 57.4. The number of halogens is 5. The van der Waals surface area contributed by atoms with Gasteiger partial charge in [-0.1, -0.05) is 45.4 Å². The Morgan fingerprint density at radius 1 is 0.905 bits per heavy atom. The molecule has 0 aliphatic rings. The number of aromatic nitrogens is 4. The minimum atomic E-state index is -5.47. The van der Waals surface area contributed by atoms with Gasteiger partial charge in [0.1, 0.15) is 22.6 Å². The highest BCUT2D eigenvalue weighted by molar-refractivity contribution is 6.37. The van der Waals surface area contributed by atoms with Crippen molar-refractivity contribution < 1.29 is 27.4 Å². The molecule has 17 heteroatoms. The molecular formula is C25H19ClF4N6O6. The highest BCUT2D eigenvalue weighted by Crippen LogP contribution is 2.39. The van der Waals surface area contributed by atoms with Crippen molar-refractivity contribution in [2.24, 2.45) is 0 Å². The molecule has 220 valence electrons. The molecule has 0 bridgehead atoms. The van der Waals surface area contributed by atoms with Crippen LogP contribution in [-0.4, -0.2) is 28.9 Å². The van der Waals surface area contributed by atoms with Gasteiger partial charge in [-0.15, -0.1) is 0 Å². The maximum atomic E-state index is 15.1. The van der Waals surface area contributed by atoms with Crippen LogP contribution in [0.15, 0.2) is 40.2 Å². The molecule has 0 radical (unpaired) electrons. The van der Waals surface area contributed by atoms with Crippen LogP contribution in [0.2, 0.25) is 5.02 Å². The first-order valence-corrected chi connectivity index (χ1v) is 12.4. The number of fused-ring (bicyclic) bond motifs is 1. The van der Waals surface area contributed by atoms with Crippen LogP contribution >= 0.6 is 11.6 Å². The Morgan fingerprint density at radius 2 is 1.48 bits per heavy atom. The zero-order valence-corrected chi connectivity index (χ0v) is 22.8. The van der Waals surface area contributed by atoms with E-state index >= 15 is 4.39 Å². The van der Waals surface area contributed by atoms with Gasteiger partial charge in [-0.25, -0.2) is 14.4 Å². The number of hydrogen-bond acceptors (Lipinski definition) is 8. The van der Waals surface area contributed by atoms with Crippen LogP contribution in [0.5, 0.6) is 0 Å². The summed E-state index contributed by atoms with van der Waals surface area (Å²) in [6.07, 6.45) is -4.32. The Labute approximate surface area is 237 Å². The van der Waals surface area contributed by atoms with E-state index in [4.69, 9.17) is 11.6 Å². The fourth-order valence-corrected chi connectivity index (χ4v) is 4.86. The Bertz CT molecular complexity index is 1890. The summed E-state index contributed by atoms with van der Waals surface area (Å²) in [6, 6.07) is 2.35. The Kier molecular flexibility index (Phi) is 7.62. The molecule has 0 aliphatic heterocycles. The number of benzene rings is 1. The first kappa shape index (κ1) is 30.2. The molecule has 3 heterocycles. The summed E-state index contributed by atoms with van der Waals surface area (Å²) < 4.78 is 58.6. The van der Waals surface area contributed by atoms with E-state index in [1.165, 1.54) is 0 Å². The number of pyridine rings is 2. The normalized spacial score (nSPS) is 12.0. The van der Waals surface area contributed by atoms with Crippen molar-refractivity contribution in [3.05, 3.63) is 99.5 Å². The first-order chi connectivity index (χ1) is 19.5. The van der Waals surface area contributed by atoms with Crippen molar-refractivity contribution in [2.45, 2.75) is 45.7 Å². The largest absolute Gasteiger partial charge is 0.431 e. The molecular weight excluding hydrogens is 592 g/mol. The Balaban J connectivity index is 2.46. The third-order valence-corrected chi connectivity index (χ3v) is 6.69. The number of nitrogens with zero attached hydrogens (tertiary/aromatic N) is 6. The number of alkyl halides is 3. The van der Waals surface area contributed by atoms with Gasteiger partial charge >= 0.3 is 17.4 Å². The summed E-state index contributed by atoms with van der Waals surface area (Å²) in [5.41, 5.74) is -10.1. The average Bonchev–Trinajstić information content (AvgIpc) is 2.88. The minimum Gasteiger partial charge on any atom is -0.267 e. The molecule has 4 rings (SSSR count). The smallest absolute Gasteiger partial charge is 0.267 e. The van der Waals surface area contributed by atoms with Crippen LogP contribution < -0.4 is 11.1 Å². The topological polar surface area (TPSA) is 156 Å². The van der Waals surface area contributed by atoms with Gasteiger partial charge in [-0.3, -0.25) is 39.0 Å². The van der Waals surface area contributed by atoms with E-state index in [2.05, 4.69) is 9.97 Å². The lowest BCUT2D eigenvalue weighted by molar-refractivity contribution is -0.386. The molecule has 4 aromatic rings. The van der Waals surface area contributed by atoms with Gasteiger partial charge in [0.15, 0.2) is 11.5 Å². The van der Waals surface area contributed by atoms with Crippen LogP contribution in [-0.2, 0) is 6.18 Å². The number of nitro groups is 2. The van der Waals surface area contributed by atoms with Crippen molar-refractivity contribution in [3.63, 3.8) is 0 Å². The molecule has 0 atom stereocenters. The van der Waals surface area contributed by atoms with E-state index in [9.17, 15) is 43.0 Å². The van der Waals surface area contributed by atoms with Crippen molar-refractivity contribution in [1.29, 1.82) is 0 Å². The fraction of sp³-hybridized carbons (Fsp3) is 0.280. The highest BCUT2D eigenvalue weighted by Gasteiger charge is 2.40. The van der Waals surface area contributed by atoms with E-state index in [-0.39, 0.29) is 27.7 Å². The van der Waals surface area contributed by atoms with Crippen molar-refractivity contribution >= 4 is 33.9 Å². The molecule has 0 fully saturated rings. The number of nitro benzene ring substituents is 1. The summed E-state index contributed by atoms with van der Waals surface area (Å²) in [6.45, 7) is 6.54. The lowest BCUT2D eigenvalue weighted by atomic mass is 10.0. The van der Waals surface area contributed by atoms with E-state index in [0.29, 0.717) is 16.7 Å². The van der Waals surface area contributed by atoms with Gasteiger partial charge in [0.25, 0.3) is 11.2 Å². The molecule has 3 aromatic heterocycles. The SMILES string of the molecule is CC(C)c1ncnc(C(C)C)c1-n1c(=O)c([N+](=O)[O-])c(Cl)c2cc(C(F)(F)F)n(-c3c(F)cccc3[N+](=O)[O-])c(=O)c21. The maximum absolute atomic E-state index is 15.1. The second-order valence-corrected chi connectivity index (χ2v) is 10.0. The summed E-state index contributed by atoms with van der Waals surface area (Å²) >= 11 is 6.13. The Hall–Kier alpha value is -4.73. The molecule has 0 saturated heterocycles. The lowest BCUT2D eigenvalue weighted by Crippen LogP contribution is -2.34. The summed E-state index contributed by atoms with van der Waals surface area (Å²) in [5, 5.41) is 21.7. The third kappa shape index (κ3) is 4.76. The van der Waals surface area contributed by atoms with E-state index in [1.54, 1.807) is 27.7 Å². The zero-order chi connectivity index (χ0) is 31.4. The van der Waals surface area contributed by atoms with Gasteiger partial charge in [0, 0.05) is 11.5 Å². The summed E-state index contributed by atoms with van der Waals surface area (Å²) in [5.74, 6) is -2.59. The highest BCUT2D eigenvalue weighted by atomic mass is 35.5. The molecule has 0 amide bonds. The van der Waals surface area contributed by atoms with E-state index in [1.807, 2.05) is 0 Å². The standard InChI is InChI=1S/C25H19ClF4N6O6/c1-10(2)17-22(18(11(3)4)32-9-31-17)34-19-12(16(26)21(24(34)38)36(41)42)8-15(25(28,29)30)33(23(19)37)20-13(27)6-5-7-14(20)35(39)40/h5-11H,1-4H3. The summed E-state index contributed by atoms with van der Waals surface area (Å²) in [7, 11) is 0. The van der Waals surface area contributed by atoms with Crippen LogP contribution in [0.3, 0.4) is 0 Å². The van der Waals surface area contributed by atoms with Crippen molar-refractivity contribution in [2.75, 3.05) is 0 Å². The molecule has 0 aliphatic carbocycles. The fourth-order valence-electron chi connectivity index (χ4n) is 4.57. The molecule has 0 N–H and O–H groups in total. The zero-order valence-electron chi connectivity index (χ0n) is 22.1. The predicted octanol–water partition coefficient (Wildman–Crippen LogP) is 5.81. The molecule has 0 unspecified atom stereocenters. The van der Waals surface area contributed by atoms with Crippen molar-refractivity contribution in [3.8, 4) is 11.4 Å². The molecule has 0 spiro atoms. The van der Waals surface area contributed by atoms with Gasteiger partial charge in [-0.2, -0.15) is 13.2 Å². The number of para-hydroxylation sites is 1. The number of rotatable bonds is 6. The van der Waals surface area contributed by atoms with Gasteiger partial charge < -0.3 is 0 Å². The van der Waals surface area contributed by atoms with E-state index in [0.717, 1.165) is 12.4 Å². The maximum Gasteiger partial charge on any atom is 0.431 e. The van der Waals surface area contributed by atoms with E-state index < -0.39 is 83.5 Å². The average molecular weight is 611 g/mol. The Morgan fingerprint density at radius 3 is 1.95 bits per heavy atom. The molecule has 12 nitrogen and oxygen atoms in total. The monoisotopic (exact) mass is 610 g/mol. The van der Waals surface area contributed by atoms with Crippen LogP contribution in [0.25, 0.3) is 22.3 Å². The van der Waals surface area contributed by atoms with Gasteiger partial charge in [-0.05, 0) is 24.0 Å². The minimum absolute atomic E-state index is 0.0939. The molecule has 1 aromatic carbocycles. The molecule has 42 heavy (non-hydrogen) atoms. The molecule has 0 saturated carbocycles. The second kappa shape index (κ2) is 10.6. The van der Waals surface area contributed by atoms with Crippen molar-refractivity contribution in [1.82, 2.24) is 19.1 Å². The first-order valence-electron chi connectivity index (χ1n) is 12.0. The number of hydrogen-bond donors (Lipinski definition) is 0. The van der Waals surface area contributed by atoms with Crippen LogP contribution in [0.4, 0.5) is 28.9 Å². The lowest BCUT2D eigenvalue weighted by Gasteiger charge is -2.22.